The van der Waals surface area contributed by atoms with Gasteiger partial charge in [-0.25, -0.2) is 9.18 Å². The molecule has 0 radical (unpaired) electrons. The van der Waals surface area contributed by atoms with Crippen LogP contribution in [0, 0.1) is 5.82 Å². The second kappa shape index (κ2) is 8.63. The Hall–Kier alpha value is -2.15. The van der Waals surface area contributed by atoms with Crippen LogP contribution >= 0.6 is 0 Å². The van der Waals surface area contributed by atoms with Gasteiger partial charge in [-0.2, -0.15) is 0 Å². The highest BCUT2D eigenvalue weighted by molar-refractivity contribution is 5.96. The van der Waals surface area contributed by atoms with Gasteiger partial charge in [-0.3, -0.25) is 4.79 Å². The second-order valence-electron chi connectivity index (χ2n) is 5.81. The highest BCUT2D eigenvalue weighted by atomic mass is 19.1. The Bertz CT molecular complexity index is 577. The smallest absolute Gasteiger partial charge is 0.315 e. The molecule has 7 heteroatoms. The third-order valence-corrected chi connectivity index (χ3v) is 4.19. The van der Waals surface area contributed by atoms with Crippen molar-refractivity contribution in [3.63, 3.8) is 0 Å². The largest absolute Gasteiger partial charge is 0.337 e. The molecule has 0 unspecified atom stereocenters. The zero-order valence-electron chi connectivity index (χ0n) is 14.2. The maximum atomic E-state index is 13.3. The third-order valence-electron chi connectivity index (χ3n) is 4.19. The van der Waals surface area contributed by atoms with Crippen molar-refractivity contribution < 1.29 is 14.0 Å². The van der Waals surface area contributed by atoms with Gasteiger partial charge >= 0.3 is 6.03 Å². The fourth-order valence-electron chi connectivity index (χ4n) is 2.80. The minimum absolute atomic E-state index is 0.117. The highest BCUT2D eigenvalue weighted by Gasteiger charge is 2.31. The maximum Gasteiger partial charge on any atom is 0.315 e. The average Bonchev–Trinajstić information content (AvgIpc) is 2.92. The summed E-state index contributed by atoms with van der Waals surface area (Å²) in [7, 11) is 0. The van der Waals surface area contributed by atoms with Gasteiger partial charge in [0, 0.05) is 31.7 Å². The van der Waals surface area contributed by atoms with Crippen LogP contribution in [0.15, 0.2) is 24.3 Å². The average molecular weight is 336 g/mol. The van der Waals surface area contributed by atoms with Crippen molar-refractivity contribution in [3.05, 3.63) is 30.1 Å². The lowest BCUT2D eigenvalue weighted by molar-refractivity contribution is -0.117. The van der Waals surface area contributed by atoms with Crippen molar-refractivity contribution >= 4 is 17.6 Å². The first kappa shape index (κ1) is 18.2. The molecule has 0 bridgehead atoms. The minimum Gasteiger partial charge on any atom is -0.337 e. The Morgan fingerprint density at radius 2 is 2.12 bits per heavy atom. The van der Waals surface area contributed by atoms with E-state index in [1.165, 1.54) is 17.0 Å². The van der Waals surface area contributed by atoms with Gasteiger partial charge in [0.15, 0.2) is 0 Å². The van der Waals surface area contributed by atoms with E-state index in [1.807, 2.05) is 0 Å². The van der Waals surface area contributed by atoms with E-state index in [0.29, 0.717) is 18.8 Å². The topological polar surface area (TPSA) is 64.7 Å². The van der Waals surface area contributed by atoms with E-state index in [4.69, 9.17) is 0 Å². The van der Waals surface area contributed by atoms with Gasteiger partial charge in [0.05, 0.1) is 6.04 Å². The van der Waals surface area contributed by atoms with E-state index in [1.54, 1.807) is 12.1 Å². The number of carbonyl (C=O) groups excluding carboxylic acids is 2. The normalized spacial score (nSPS) is 17.4. The molecule has 1 saturated heterocycles. The number of hydrogen-bond donors (Lipinski definition) is 2. The molecule has 0 spiro atoms. The molecule has 1 aromatic rings. The number of halogens is 1. The van der Waals surface area contributed by atoms with Gasteiger partial charge in [-0.1, -0.05) is 19.9 Å². The fraction of sp³-hybridized carbons (Fsp3) is 0.529. The monoisotopic (exact) mass is 336 g/mol. The summed E-state index contributed by atoms with van der Waals surface area (Å²) in [6.45, 7) is 7.75. The van der Waals surface area contributed by atoms with Crippen LogP contribution in [0.4, 0.5) is 14.9 Å². The van der Waals surface area contributed by atoms with Gasteiger partial charge in [0.25, 0.3) is 0 Å². The van der Waals surface area contributed by atoms with E-state index in [0.717, 1.165) is 19.6 Å². The lowest BCUT2D eigenvalue weighted by Crippen LogP contribution is -2.45. The van der Waals surface area contributed by atoms with Crippen molar-refractivity contribution in [1.82, 2.24) is 15.5 Å². The lowest BCUT2D eigenvalue weighted by Gasteiger charge is -2.19. The molecular weight excluding hydrogens is 311 g/mol. The highest BCUT2D eigenvalue weighted by Crippen LogP contribution is 2.22. The summed E-state index contributed by atoms with van der Waals surface area (Å²) >= 11 is 0. The number of benzene rings is 1. The molecule has 24 heavy (non-hydrogen) atoms. The van der Waals surface area contributed by atoms with Crippen molar-refractivity contribution in [2.45, 2.75) is 26.3 Å². The number of nitrogens with one attached hydrogen (secondary N) is 2. The Balaban J connectivity index is 1.80. The number of rotatable bonds is 7. The predicted molar refractivity (Wildman–Crippen MR) is 91.5 cm³/mol. The zero-order chi connectivity index (χ0) is 17.5. The van der Waals surface area contributed by atoms with Crippen LogP contribution in [-0.2, 0) is 4.79 Å². The fourth-order valence-corrected chi connectivity index (χ4v) is 2.80. The van der Waals surface area contributed by atoms with E-state index in [2.05, 4.69) is 29.4 Å². The number of hydrogen-bond acceptors (Lipinski definition) is 3. The van der Waals surface area contributed by atoms with Crippen LogP contribution in [0.5, 0.6) is 0 Å². The molecule has 6 nitrogen and oxygen atoms in total. The van der Waals surface area contributed by atoms with Crippen LogP contribution in [0.1, 0.15) is 20.3 Å². The van der Waals surface area contributed by atoms with Crippen molar-refractivity contribution in [3.8, 4) is 0 Å². The van der Waals surface area contributed by atoms with Crippen LogP contribution in [0.25, 0.3) is 0 Å². The van der Waals surface area contributed by atoms with Crippen LogP contribution in [0.2, 0.25) is 0 Å². The molecule has 0 saturated carbocycles. The number of urea groups is 1. The van der Waals surface area contributed by atoms with E-state index in [-0.39, 0.29) is 30.2 Å². The SMILES string of the molecule is CCN(CC)CCNC(=O)N[C@@H]1CC(=O)N(c2cccc(F)c2)C1. The second-order valence-corrected chi connectivity index (χ2v) is 5.81. The summed E-state index contributed by atoms with van der Waals surface area (Å²) in [4.78, 5) is 27.7. The summed E-state index contributed by atoms with van der Waals surface area (Å²) in [6, 6.07) is 5.37. The van der Waals surface area contributed by atoms with E-state index >= 15 is 0 Å². The first-order valence-electron chi connectivity index (χ1n) is 8.36. The molecular formula is C17H25FN4O2. The molecule has 1 aromatic carbocycles. The summed E-state index contributed by atoms with van der Waals surface area (Å²) in [5, 5.41) is 5.61. The van der Waals surface area contributed by atoms with Gasteiger partial charge in [-0.05, 0) is 31.3 Å². The number of amides is 3. The Morgan fingerprint density at radius 1 is 1.38 bits per heavy atom. The van der Waals surface area contributed by atoms with Crippen LogP contribution < -0.4 is 15.5 Å². The molecule has 1 aliphatic heterocycles. The number of anilines is 1. The molecule has 1 atom stereocenters. The van der Waals surface area contributed by atoms with Crippen LogP contribution in [0.3, 0.4) is 0 Å². The Kier molecular flexibility index (Phi) is 6.54. The predicted octanol–water partition coefficient (Wildman–Crippen LogP) is 1.57. The van der Waals surface area contributed by atoms with Gasteiger partial charge < -0.3 is 20.4 Å². The van der Waals surface area contributed by atoms with Gasteiger partial charge in [0.2, 0.25) is 5.91 Å². The standard InChI is InChI=1S/C17H25FN4O2/c1-3-21(4-2)9-8-19-17(24)20-14-11-16(23)22(12-14)15-7-5-6-13(18)10-15/h5-7,10,14H,3-4,8-9,11-12H2,1-2H3,(H2,19,20,24)/t14-/m1/s1. The summed E-state index contributed by atoms with van der Waals surface area (Å²) in [5.74, 6) is -0.500. The van der Waals surface area contributed by atoms with Crippen molar-refractivity contribution in [1.29, 1.82) is 0 Å². The molecule has 0 aromatic heterocycles. The van der Waals surface area contributed by atoms with Gasteiger partial charge in [-0.15, -0.1) is 0 Å². The summed E-state index contributed by atoms with van der Waals surface area (Å²) in [5.41, 5.74) is 0.520. The Labute approximate surface area is 142 Å². The number of nitrogens with zero attached hydrogens (tertiary/aromatic N) is 2. The third kappa shape index (κ3) is 4.92. The molecule has 2 N–H and O–H groups in total. The molecule has 1 heterocycles. The summed E-state index contributed by atoms with van der Waals surface area (Å²) < 4.78 is 13.3. The number of likely N-dealkylation sites (N-methyl/N-ethyl adjacent to an activating group) is 1. The molecule has 1 fully saturated rings. The van der Waals surface area contributed by atoms with E-state index in [9.17, 15) is 14.0 Å². The maximum absolute atomic E-state index is 13.3. The van der Waals surface area contributed by atoms with Crippen molar-refractivity contribution in [2.75, 3.05) is 37.6 Å². The lowest BCUT2D eigenvalue weighted by atomic mass is 10.2. The molecule has 132 valence electrons. The van der Waals surface area contributed by atoms with Gasteiger partial charge in [0.1, 0.15) is 5.82 Å². The first-order valence-corrected chi connectivity index (χ1v) is 8.36. The zero-order valence-corrected chi connectivity index (χ0v) is 14.2. The van der Waals surface area contributed by atoms with E-state index < -0.39 is 0 Å². The minimum atomic E-state index is -0.383. The summed E-state index contributed by atoms with van der Waals surface area (Å²) in [6.07, 6.45) is 0.222. The quantitative estimate of drug-likeness (QED) is 0.794. The first-order chi connectivity index (χ1) is 11.5. The van der Waals surface area contributed by atoms with Crippen molar-refractivity contribution in [2.24, 2.45) is 0 Å². The number of carbonyl (C=O) groups is 2. The Morgan fingerprint density at radius 3 is 2.79 bits per heavy atom. The molecule has 0 aliphatic carbocycles. The van der Waals surface area contributed by atoms with Crippen LogP contribution in [-0.4, -0.2) is 55.6 Å². The molecule has 3 amide bonds. The molecule has 1 aliphatic rings. The molecule has 2 rings (SSSR count).